The van der Waals surface area contributed by atoms with E-state index >= 15 is 0 Å². The van der Waals surface area contributed by atoms with Gasteiger partial charge < -0.3 is 14.4 Å². The van der Waals surface area contributed by atoms with Gasteiger partial charge in [0.05, 0.1) is 16.9 Å². The molecule has 11 rings (SSSR count). The van der Waals surface area contributed by atoms with Gasteiger partial charge >= 0.3 is 0 Å². The molecule has 0 radical (unpaired) electrons. The molecule has 7 aromatic rings. The van der Waals surface area contributed by atoms with Crippen LogP contribution in [0.5, 0.6) is 0 Å². The number of aromatic nitrogens is 1. The predicted molar refractivity (Wildman–Crippen MR) is 226 cm³/mol. The zero-order valence-corrected chi connectivity index (χ0v) is 32.0. The third-order valence-corrected chi connectivity index (χ3v) is 12.8. The van der Waals surface area contributed by atoms with Crippen molar-refractivity contribution in [2.45, 2.75) is 71.6 Å². The summed E-state index contributed by atoms with van der Waals surface area (Å²) in [5.41, 5.74) is 22.5. The quantitative estimate of drug-likeness (QED) is 0.168. The molecule has 53 heavy (non-hydrogen) atoms. The highest BCUT2D eigenvalue weighted by molar-refractivity contribution is 7.02. The van der Waals surface area contributed by atoms with E-state index in [2.05, 4.69) is 191 Å². The Kier molecular flexibility index (Phi) is 5.83. The fraction of sp³-hybridized carbons (Fsp3) is 0.224. The lowest BCUT2D eigenvalue weighted by Gasteiger charge is -2.49. The number of hydrogen-bond donors (Lipinski definition) is 0. The van der Waals surface area contributed by atoms with Crippen molar-refractivity contribution in [1.82, 2.24) is 4.57 Å². The first kappa shape index (κ1) is 31.1. The van der Waals surface area contributed by atoms with Crippen molar-refractivity contribution in [3.05, 3.63) is 144 Å². The van der Waals surface area contributed by atoms with E-state index in [4.69, 9.17) is 0 Å². The van der Waals surface area contributed by atoms with Gasteiger partial charge in [0, 0.05) is 44.8 Å². The maximum atomic E-state index is 2.67. The summed E-state index contributed by atoms with van der Waals surface area (Å²) in [5.74, 6) is 0. The Hall–Kier alpha value is -5.48. The Morgan fingerprint density at radius 2 is 1.17 bits per heavy atom. The molecule has 0 amide bonds. The fourth-order valence-electron chi connectivity index (χ4n) is 10.0. The molecule has 0 atom stereocenters. The molecule has 0 spiro atoms. The molecule has 0 saturated heterocycles. The van der Waals surface area contributed by atoms with Gasteiger partial charge in [0.15, 0.2) is 0 Å². The highest BCUT2D eigenvalue weighted by atomic mass is 15.2. The fourth-order valence-corrected chi connectivity index (χ4v) is 10.0. The second kappa shape index (κ2) is 9.93. The number of anilines is 6. The van der Waals surface area contributed by atoms with Gasteiger partial charge in [-0.1, -0.05) is 134 Å². The summed E-state index contributed by atoms with van der Waals surface area (Å²) in [4.78, 5) is 5.24. The van der Waals surface area contributed by atoms with Crippen LogP contribution in [0.15, 0.2) is 121 Å². The molecule has 0 unspecified atom stereocenters. The minimum Gasteiger partial charge on any atom is -0.320 e. The SMILES string of the molecule is CC(C)(C)c1ccc(N2c3cc(-c4ccccc4)cc4c3B3c5c2ccc2c5N(c5ccc(C(C)(C)C)cc5C2(C)C)c2c3n-4c3ccccc23)cc1. The van der Waals surface area contributed by atoms with Crippen LogP contribution in [-0.4, -0.2) is 11.3 Å². The lowest BCUT2D eigenvalue weighted by atomic mass is 9.35. The van der Waals surface area contributed by atoms with Crippen LogP contribution in [0.1, 0.15) is 77.6 Å². The van der Waals surface area contributed by atoms with Crippen molar-refractivity contribution in [3.8, 4) is 16.8 Å². The van der Waals surface area contributed by atoms with Crippen LogP contribution in [-0.2, 0) is 16.2 Å². The number of para-hydroxylation sites is 1. The summed E-state index contributed by atoms with van der Waals surface area (Å²) in [7, 11) is 0. The first-order chi connectivity index (χ1) is 25.3. The normalized spacial score (nSPS) is 15.6. The second-order valence-corrected chi connectivity index (χ2v) is 18.3. The van der Waals surface area contributed by atoms with E-state index in [1.54, 1.807) is 0 Å². The van der Waals surface area contributed by atoms with E-state index in [0.717, 1.165) is 0 Å². The highest BCUT2D eigenvalue weighted by Crippen LogP contribution is 2.58. The van der Waals surface area contributed by atoms with Crippen LogP contribution in [0.3, 0.4) is 0 Å². The van der Waals surface area contributed by atoms with E-state index in [9.17, 15) is 0 Å². The molecule has 5 heterocycles. The van der Waals surface area contributed by atoms with Gasteiger partial charge in [0.25, 0.3) is 6.71 Å². The number of benzene rings is 6. The molecule has 4 heteroatoms. The van der Waals surface area contributed by atoms with Gasteiger partial charge in [-0.2, -0.15) is 0 Å². The molecule has 4 aliphatic heterocycles. The van der Waals surface area contributed by atoms with E-state index in [1.807, 2.05) is 0 Å². The summed E-state index contributed by atoms with van der Waals surface area (Å²) in [6.07, 6.45) is 0. The largest absolute Gasteiger partial charge is 0.320 e. The summed E-state index contributed by atoms with van der Waals surface area (Å²) < 4.78 is 2.62. The standard InChI is InChI=1S/C49H44BN3/c1-47(2,3)31-18-21-33(22-19-31)51-39-25-23-35-45-43(39)50-42-40(51)26-30(29-14-10-9-11-15-29)27-41(42)52-37-17-13-12-16-34(37)44(46(50)52)53(45)38-24-20-32(48(4,5)6)28-36(38)49(35,7)8/h9-28H,1-8H3. The van der Waals surface area contributed by atoms with Gasteiger partial charge in [0.1, 0.15) is 0 Å². The Bertz CT molecular complexity index is 2720. The van der Waals surface area contributed by atoms with Crippen molar-refractivity contribution < 1.29 is 0 Å². The summed E-state index contributed by atoms with van der Waals surface area (Å²) in [6.45, 7) is 18.9. The molecule has 3 nitrogen and oxygen atoms in total. The van der Waals surface area contributed by atoms with Crippen molar-refractivity contribution >= 4 is 68.3 Å². The van der Waals surface area contributed by atoms with Crippen LogP contribution < -0.4 is 26.3 Å². The third kappa shape index (κ3) is 3.91. The summed E-state index contributed by atoms with van der Waals surface area (Å²) >= 11 is 0. The van der Waals surface area contributed by atoms with Gasteiger partial charge in [0.2, 0.25) is 0 Å². The second-order valence-electron chi connectivity index (χ2n) is 18.3. The lowest BCUT2D eigenvalue weighted by molar-refractivity contribution is 0.580. The average molecular weight is 686 g/mol. The van der Waals surface area contributed by atoms with Gasteiger partial charge in [-0.3, -0.25) is 0 Å². The molecule has 0 bridgehead atoms. The number of nitrogens with zero attached hydrogens (tertiary/aromatic N) is 3. The average Bonchev–Trinajstić information content (AvgIpc) is 3.66. The Morgan fingerprint density at radius 1 is 0.509 bits per heavy atom. The monoisotopic (exact) mass is 685 g/mol. The van der Waals surface area contributed by atoms with Crippen molar-refractivity contribution in [2.24, 2.45) is 0 Å². The topological polar surface area (TPSA) is 11.4 Å². The molecular formula is C49H44BN3. The number of fused-ring (bicyclic) bond motifs is 7. The van der Waals surface area contributed by atoms with Crippen LogP contribution in [0.4, 0.5) is 34.1 Å². The predicted octanol–water partition coefficient (Wildman–Crippen LogP) is 10.9. The minimum absolute atomic E-state index is 0.0515. The zero-order valence-electron chi connectivity index (χ0n) is 32.0. The molecule has 258 valence electrons. The Morgan fingerprint density at radius 3 is 1.91 bits per heavy atom. The first-order valence-electron chi connectivity index (χ1n) is 19.2. The maximum Gasteiger partial charge on any atom is 0.275 e. The van der Waals surface area contributed by atoms with Crippen molar-refractivity contribution in [3.63, 3.8) is 0 Å². The number of rotatable bonds is 2. The van der Waals surface area contributed by atoms with Crippen LogP contribution >= 0.6 is 0 Å². The maximum absolute atomic E-state index is 2.67. The molecule has 6 aromatic carbocycles. The van der Waals surface area contributed by atoms with E-state index < -0.39 is 0 Å². The summed E-state index contributed by atoms with van der Waals surface area (Å²) in [6, 6.07) is 46.5. The van der Waals surface area contributed by atoms with Gasteiger partial charge in [-0.25, -0.2) is 0 Å². The summed E-state index contributed by atoms with van der Waals surface area (Å²) in [5, 5.41) is 1.31. The molecule has 0 saturated carbocycles. The molecule has 4 aliphatic rings. The van der Waals surface area contributed by atoms with E-state index in [-0.39, 0.29) is 23.0 Å². The smallest absolute Gasteiger partial charge is 0.275 e. The highest BCUT2D eigenvalue weighted by Gasteiger charge is 2.54. The molecule has 0 fully saturated rings. The van der Waals surface area contributed by atoms with Crippen molar-refractivity contribution in [1.29, 1.82) is 0 Å². The zero-order chi connectivity index (χ0) is 36.3. The molecule has 0 aliphatic carbocycles. The Labute approximate surface area is 313 Å². The van der Waals surface area contributed by atoms with Crippen LogP contribution in [0.25, 0.3) is 27.7 Å². The van der Waals surface area contributed by atoms with Crippen LogP contribution in [0, 0.1) is 0 Å². The van der Waals surface area contributed by atoms with Crippen molar-refractivity contribution in [2.75, 3.05) is 9.80 Å². The minimum atomic E-state index is -0.189. The van der Waals surface area contributed by atoms with Gasteiger partial charge in [-0.15, -0.1) is 0 Å². The lowest BCUT2D eigenvalue weighted by Crippen LogP contribution is -2.60. The Balaban J connectivity index is 1.29. The molecule has 1 aromatic heterocycles. The number of hydrogen-bond acceptors (Lipinski definition) is 2. The molecule has 0 N–H and O–H groups in total. The van der Waals surface area contributed by atoms with E-state index in [0.29, 0.717) is 0 Å². The first-order valence-corrected chi connectivity index (χ1v) is 19.2. The van der Waals surface area contributed by atoms with Gasteiger partial charge in [-0.05, 0) is 97.6 Å². The van der Waals surface area contributed by atoms with Crippen LogP contribution in [0.2, 0.25) is 0 Å². The third-order valence-electron chi connectivity index (χ3n) is 12.8. The molecular weight excluding hydrogens is 641 g/mol. The van der Waals surface area contributed by atoms with E-state index in [1.165, 1.54) is 101 Å².